The van der Waals surface area contributed by atoms with E-state index in [4.69, 9.17) is 9.84 Å². The molecule has 18 heavy (non-hydrogen) atoms. The van der Waals surface area contributed by atoms with Crippen LogP contribution in [0.25, 0.3) is 0 Å². The highest BCUT2D eigenvalue weighted by atomic mass is 16.5. The molecule has 1 aromatic heterocycles. The van der Waals surface area contributed by atoms with Crippen molar-refractivity contribution in [3.63, 3.8) is 0 Å². The lowest BCUT2D eigenvalue weighted by atomic mass is 10.2. The first kappa shape index (κ1) is 12.0. The van der Waals surface area contributed by atoms with E-state index in [1.807, 2.05) is 6.07 Å². The molecule has 2 N–H and O–H groups in total. The minimum atomic E-state index is -0.961. The molecule has 0 aliphatic carbocycles. The van der Waals surface area contributed by atoms with Gasteiger partial charge in [-0.15, -0.1) is 0 Å². The molecular weight excluding hydrogens is 236 g/mol. The summed E-state index contributed by atoms with van der Waals surface area (Å²) >= 11 is 0. The fourth-order valence-electron chi connectivity index (χ4n) is 1.46. The van der Waals surface area contributed by atoms with Crippen LogP contribution in [0.4, 0.5) is 0 Å². The normalized spacial score (nSPS) is 10.2. The quantitative estimate of drug-likeness (QED) is 0.831. The second-order valence-electron chi connectivity index (χ2n) is 3.73. The van der Waals surface area contributed by atoms with Gasteiger partial charge in [-0.1, -0.05) is 12.1 Å². The number of phenols is 1. The van der Waals surface area contributed by atoms with Crippen LogP contribution >= 0.6 is 0 Å². The van der Waals surface area contributed by atoms with E-state index >= 15 is 0 Å². The van der Waals surface area contributed by atoms with Crippen LogP contribution in [0.3, 0.4) is 0 Å². The van der Waals surface area contributed by atoms with E-state index in [0.29, 0.717) is 5.75 Å². The first-order chi connectivity index (χ1) is 8.63. The SMILES string of the molecule is O=C(O)Cn1cc(OCc2cccc(O)c2)cn1. The second-order valence-corrected chi connectivity index (χ2v) is 3.73. The van der Waals surface area contributed by atoms with Crippen LogP contribution in [-0.4, -0.2) is 26.0 Å². The molecule has 0 saturated heterocycles. The summed E-state index contributed by atoms with van der Waals surface area (Å²) in [5.74, 6) is -0.296. The van der Waals surface area contributed by atoms with Gasteiger partial charge in [-0.2, -0.15) is 5.10 Å². The number of carbonyl (C=O) groups is 1. The highest BCUT2D eigenvalue weighted by molar-refractivity contribution is 5.66. The maximum absolute atomic E-state index is 10.5. The third-order valence-electron chi connectivity index (χ3n) is 2.22. The molecule has 94 valence electrons. The van der Waals surface area contributed by atoms with E-state index in [-0.39, 0.29) is 18.9 Å². The molecule has 0 amide bonds. The summed E-state index contributed by atoms with van der Waals surface area (Å²) in [6, 6.07) is 6.72. The number of aliphatic carboxylic acids is 1. The maximum Gasteiger partial charge on any atom is 0.325 e. The van der Waals surface area contributed by atoms with Crippen molar-refractivity contribution in [2.45, 2.75) is 13.2 Å². The summed E-state index contributed by atoms with van der Waals surface area (Å²) in [5, 5.41) is 21.7. The van der Waals surface area contributed by atoms with Crippen molar-refractivity contribution < 1.29 is 19.7 Å². The number of rotatable bonds is 5. The summed E-state index contributed by atoms with van der Waals surface area (Å²) in [6.07, 6.45) is 2.96. The van der Waals surface area contributed by atoms with E-state index in [9.17, 15) is 9.90 Å². The zero-order chi connectivity index (χ0) is 13.0. The Morgan fingerprint density at radius 1 is 1.44 bits per heavy atom. The van der Waals surface area contributed by atoms with Crippen LogP contribution in [0.5, 0.6) is 11.5 Å². The molecule has 6 nitrogen and oxygen atoms in total. The molecular formula is C12H12N2O4. The minimum Gasteiger partial charge on any atom is -0.508 e. The van der Waals surface area contributed by atoms with Crippen molar-refractivity contribution in [2.75, 3.05) is 0 Å². The van der Waals surface area contributed by atoms with Gasteiger partial charge in [0, 0.05) is 0 Å². The number of benzene rings is 1. The molecule has 2 rings (SSSR count). The summed E-state index contributed by atoms with van der Waals surface area (Å²) < 4.78 is 6.70. The van der Waals surface area contributed by atoms with Crippen LogP contribution < -0.4 is 4.74 Å². The number of aromatic hydroxyl groups is 1. The zero-order valence-electron chi connectivity index (χ0n) is 9.48. The van der Waals surface area contributed by atoms with Gasteiger partial charge in [0.15, 0.2) is 5.75 Å². The van der Waals surface area contributed by atoms with Crippen LogP contribution in [0.1, 0.15) is 5.56 Å². The van der Waals surface area contributed by atoms with Gasteiger partial charge in [-0.25, -0.2) is 0 Å². The Labute approximate surface area is 103 Å². The van der Waals surface area contributed by atoms with Gasteiger partial charge in [0.1, 0.15) is 18.9 Å². The molecule has 0 bridgehead atoms. The second kappa shape index (κ2) is 5.22. The van der Waals surface area contributed by atoms with E-state index in [2.05, 4.69) is 5.10 Å². The molecule has 2 aromatic rings. The van der Waals surface area contributed by atoms with Crippen molar-refractivity contribution in [3.05, 3.63) is 42.2 Å². The molecule has 0 atom stereocenters. The number of ether oxygens (including phenoxy) is 1. The third-order valence-corrected chi connectivity index (χ3v) is 2.22. The Balaban J connectivity index is 1.94. The Kier molecular flexibility index (Phi) is 3.47. The predicted octanol–water partition coefficient (Wildman–Crippen LogP) is 1.25. The summed E-state index contributed by atoms with van der Waals surface area (Å²) in [6.45, 7) is 0.0860. The topological polar surface area (TPSA) is 84.6 Å². The zero-order valence-corrected chi connectivity index (χ0v) is 9.48. The number of phenolic OH excluding ortho intramolecular Hbond substituents is 1. The minimum absolute atomic E-state index is 0.178. The molecule has 0 aliphatic heterocycles. The standard InChI is InChI=1S/C12H12N2O4/c15-10-3-1-2-9(4-10)8-18-11-5-13-14(6-11)7-12(16)17/h1-6,15H,7-8H2,(H,16,17). The highest BCUT2D eigenvalue weighted by Crippen LogP contribution is 2.14. The average molecular weight is 248 g/mol. The molecule has 6 heteroatoms. The fourth-order valence-corrected chi connectivity index (χ4v) is 1.46. The Morgan fingerprint density at radius 3 is 3.00 bits per heavy atom. The summed E-state index contributed by atoms with van der Waals surface area (Å²) in [5.41, 5.74) is 0.820. The van der Waals surface area contributed by atoms with Crippen molar-refractivity contribution in [2.24, 2.45) is 0 Å². The molecule has 1 aromatic carbocycles. The average Bonchev–Trinajstić information content (AvgIpc) is 2.73. The summed E-state index contributed by atoms with van der Waals surface area (Å²) in [4.78, 5) is 10.5. The lowest BCUT2D eigenvalue weighted by Gasteiger charge is -2.03. The van der Waals surface area contributed by atoms with E-state index in [0.717, 1.165) is 5.56 Å². The summed E-state index contributed by atoms with van der Waals surface area (Å²) in [7, 11) is 0. The number of hydrogen-bond donors (Lipinski definition) is 2. The fraction of sp³-hybridized carbons (Fsp3) is 0.167. The van der Waals surface area contributed by atoms with Crippen molar-refractivity contribution >= 4 is 5.97 Å². The number of carboxylic acids is 1. The van der Waals surface area contributed by atoms with Crippen LogP contribution in [0.15, 0.2) is 36.7 Å². The third kappa shape index (κ3) is 3.24. The number of carboxylic acid groups (broad SMARTS) is 1. The lowest BCUT2D eigenvalue weighted by molar-refractivity contribution is -0.137. The number of hydrogen-bond acceptors (Lipinski definition) is 4. The van der Waals surface area contributed by atoms with Crippen molar-refractivity contribution in [3.8, 4) is 11.5 Å². The predicted molar refractivity (Wildman–Crippen MR) is 62.3 cm³/mol. The van der Waals surface area contributed by atoms with Crippen LogP contribution in [-0.2, 0) is 17.9 Å². The van der Waals surface area contributed by atoms with Crippen molar-refractivity contribution in [1.82, 2.24) is 9.78 Å². The van der Waals surface area contributed by atoms with Gasteiger partial charge < -0.3 is 14.9 Å². The van der Waals surface area contributed by atoms with Crippen LogP contribution in [0, 0.1) is 0 Å². The molecule has 0 radical (unpaired) electrons. The van der Waals surface area contributed by atoms with E-state index < -0.39 is 5.97 Å². The largest absolute Gasteiger partial charge is 0.508 e. The molecule has 1 heterocycles. The van der Waals surface area contributed by atoms with Gasteiger partial charge in [0.05, 0.1) is 12.4 Å². The van der Waals surface area contributed by atoms with E-state index in [1.54, 1.807) is 18.2 Å². The molecule has 0 aliphatic rings. The van der Waals surface area contributed by atoms with E-state index in [1.165, 1.54) is 17.1 Å². The number of aromatic nitrogens is 2. The van der Waals surface area contributed by atoms with Gasteiger partial charge in [0.25, 0.3) is 0 Å². The molecule has 0 spiro atoms. The van der Waals surface area contributed by atoms with Gasteiger partial charge in [-0.3, -0.25) is 9.48 Å². The van der Waals surface area contributed by atoms with Crippen LogP contribution in [0.2, 0.25) is 0 Å². The number of nitrogens with zero attached hydrogens (tertiary/aromatic N) is 2. The monoisotopic (exact) mass is 248 g/mol. The van der Waals surface area contributed by atoms with Gasteiger partial charge in [0.2, 0.25) is 0 Å². The Hall–Kier alpha value is -2.50. The molecule has 0 fully saturated rings. The Morgan fingerprint density at radius 2 is 2.28 bits per heavy atom. The van der Waals surface area contributed by atoms with Crippen molar-refractivity contribution in [1.29, 1.82) is 0 Å². The smallest absolute Gasteiger partial charge is 0.325 e. The Bertz CT molecular complexity index is 551. The molecule has 0 unspecified atom stereocenters. The lowest BCUT2D eigenvalue weighted by Crippen LogP contribution is -2.08. The first-order valence-corrected chi connectivity index (χ1v) is 5.28. The maximum atomic E-state index is 10.5. The highest BCUT2D eigenvalue weighted by Gasteiger charge is 2.03. The van der Waals surface area contributed by atoms with Gasteiger partial charge >= 0.3 is 5.97 Å². The molecule has 0 saturated carbocycles. The van der Waals surface area contributed by atoms with Gasteiger partial charge in [-0.05, 0) is 17.7 Å². The first-order valence-electron chi connectivity index (χ1n) is 5.28.